The molecule has 6 heteroatoms. The van der Waals surface area contributed by atoms with Crippen molar-refractivity contribution in [2.45, 2.75) is 6.92 Å². The van der Waals surface area contributed by atoms with Crippen LogP contribution in [0.5, 0.6) is 0 Å². The Morgan fingerprint density at radius 2 is 2.22 bits per heavy atom. The van der Waals surface area contributed by atoms with Gasteiger partial charge in [0, 0.05) is 9.77 Å². The molecule has 0 unspecified atom stereocenters. The predicted molar refractivity (Wildman–Crippen MR) is 78.3 cm³/mol. The summed E-state index contributed by atoms with van der Waals surface area (Å²) in [5.41, 5.74) is 0.153. The van der Waals surface area contributed by atoms with Gasteiger partial charge < -0.3 is 9.72 Å². The Bertz CT molecular complexity index is 681. The first-order valence-electron chi connectivity index (χ1n) is 5.22. The molecule has 0 radical (unpaired) electrons. The molecule has 0 fully saturated rings. The Morgan fingerprint density at radius 3 is 2.89 bits per heavy atom. The van der Waals surface area contributed by atoms with Crippen molar-refractivity contribution >= 4 is 51.1 Å². The average molecular weight is 378 g/mol. The average Bonchev–Trinajstić information content (AvgIpc) is 2.34. The highest BCUT2D eigenvalue weighted by Crippen LogP contribution is 2.23. The number of aromatic nitrogens is 1. The number of hydrogen-bond acceptors (Lipinski definition) is 3. The summed E-state index contributed by atoms with van der Waals surface area (Å²) < 4.78 is 5.57. The summed E-state index contributed by atoms with van der Waals surface area (Å²) >= 11 is 8.04. The second-order valence-corrected chi connectivity index (χ2v) is 5.10. The minimum Gasteiger partial charge on any atom is -0.462 e. The Kier molecular flexibility index (Phi) is 3.91. The van der Waals surface area contributed by atoms with Crippen molar-refractivity contribution in [3.63, 3.8) is 0 Å². The van der Waals surface area contributed by atoms with Crippen LogP contribution in [0, 0.1) is 3.57 Å². The maximum Gasteiger partial charge on any atom is 0.343 e. The number of aromatic amines is 1. The molecule has 0 aliphatic carbocycles. The lowest BCUT2D eigenvalue weighted by Crippen LogP contribution is -2.18. The van der Waals surface area contributed by atoms with Crippen molar-refractivity contribution in [1.29, 1.82) is 0 Å². The van der Waals surface area contributed by atoms with Gasteiger partial charge in [-0.2, -0.15) is 0 Å². The summed E-state index contributed by atoms with van der Waals surface area (Å²) in [6.45, 7) is 1.91. The molecule has 2 aromatic rings. The first-order chi connectivity index (χ1) is 8.56. The van der Waals surface area contributed by atoms with Crippen LogP contribution in [-0.2, 0) is 4.74 Å². The van der Waals surface area contributed by atoms with Crippen LogP contribution in [0.4, 0.5) is 0 Å². The van der Waals surface area contributed by atoms with Gasteiger partial charge >= 0.3 is 5.97 Å². The van der Waals surface area contributed by atoms with Gasteiger partial charge in [-0.05, 0) is 41.6 Å². The first-order valence-corrected chi connectivity index (χ1v) is 6.68. The van der Waals surface area contributed by atoms with Crippen LogP contribution in [0.1, 0.15) is 17.3 Å². The molecule has 0 aliphatic heterocycles. The van der Waals surface area contributed by atoms with Gasteiger partial charge in [-0.1, -0.05) is 11.6 Å². The lowest BCUT2D eigenvalue weighted by Gasteiger charge is -2.05. The smallest absolute Gasteiger partial charge is 0.343 e. The Morgan fingerprint density at radius 1 is 1.50 bits per heavy atom. The fourth-order valence-corrected chi connectivity index (χ4v) is 2.53. The molecule has 0 saturated heterocycles. The lowest BCUT2D eigenvalue weighted by molar-refractivity contribution is 0.0524. The van der Waals surface area contributed by atoms with Crippen LogP contribution in [0.2, 0.25) is 5.02 Å². The van der Waals surface area contributed by atoms with E-state index in [-0.39, 0.29) is 17.6 Å². The topological polar surface area (TPSA) is 59.2 Å². The minimum absolute atomic E-state index is 0.00969. The number of nitrogens with one attached hydrogen (secondary N) is 1. The largest absolute Gasteiger partial charge is 0.462 e. The first kappa shape index (κ1) is 13.4. The molecule has 1 N–H and O–H groups in total. The molecule has 4 nitrogen and oxygen atoms in total. The number of ether oxygens (including phenoxy) is 1. The van der Waals surface area contributed by atoms with Crippen molar-refractivity contribution < 1.29 is 9.53 Å². The number of H-pyrrole nitrogens is 1. The van der Waals surface area contributed by atoms with Crippen molar-refractivity contribution in [3.8, 4) is 0 Å². The molecule has 0 atom stereocenters. The van der Waals surface area contributed by atoms with E-state index in [2.05, 4.69) is 4.98 Å². The molecule has 0 bridgehead atoms. The fraction of sp³-hybridized carbons (Fsp3) is 0.167. The summed E-state index contributed by atoms with van der Waals surface area (Å²) in [7, 11) is 0. The summed E-state index contributed by atoms with van der Waals surface area (Å²) in [5.74, 6) is -0.628. The van der Waals surface area contributed by atoms with E-state index in [1.54, 1.807) is 19.1 Å². The number of hydrogen-bond donors (Lipinski definition) is 1. The predicted octanol–water partition coefficient (Wildman–Crippen LogP) is 2.96. The van der Waals surface area contributed by atoms with Crippen molar-refractivity contribution in [2.24, 2.45) is 0 Å². The monoisotopic (exact) mass is 377 g/mol. The van der Waals surface area contributed by atoms with Gasteiger partial charge in [0.1, 0.15) is 5.56 Å². The summed E-state index contributed by atoms with van der Waals surface area (Å²) in [4.78, 5) is 26.7. The van der Waals surface area contributed by atoms with Crippen LogP contribution >= 0.6 is 34.2 Å². The molecular weight excluding hydrogens is 368 g/mol. The number of rotatable bonds is 2. The Hall–Kier alpha value is -1.08. The summed E-state index contributed by atoms with van der Waals surface area (Å²) in [6, 6.07) is 3.43. The van der Waals surface area contributed by atoms with Crippen LogP contribution in [0.25, 0.3) is 10.9 Å². The maximum atomic E-state index is 12.2. The van der Waals surface area contributed by atoms with E-state index >= 15 is 0 Å². The van der Waals surface area contributed by atoms with E-state index < -0.39 is 5.97 Å². The fourth-order valence-electron chi connectivity index (χ4n) is 1.62. The van der Waals surface area contributed by atoms with Gasteiger partial charge in [0.25, 0.3) is 0 Å². The molecule has 0 aliphatic rings. The van der Waals surface area contributed by atoms with Crippen LogP contribution in [0.15, 0.2) is 23.1 Å². The second-order valence-electron chi connectivity index (χ2n) is 3.53. The normalized spacial score (nSPS) is 10.6. The molecule has 1 heterocycles. The number of carbonyl (C=O) groups excluding carboxylic acids is 1. The van der Waals surface area contributed by atoms with Crippen molar-refractivity contribution in [1.82, 2.24) is 4.98 Å². The van der Waals surface area contributed by atoms with Gasteiger partial charge in [0.2, 0.25) is 5.43 Å². The third-order valence-corrected chi connectivity index (χ3v) is 3.65. The van der Waals surface area contributed by atoms with Gasteiger partial charge in [-0.15, -0.1) is 0 Å². The molecule has 1 aromatic carbocycles. The molecule has 0 spiro atoms. The Labute approximate surface area is 121 Å². The van der Waals surface area contributed by atoms with Crippen LogP contribution in [0.3, 0.4) is 0 Å². The van der Waals surface area contributed by atoms with E-state index in [0.29, 0.717) is 15.9 Å². The summed E-state index contributed by atoms with van der Waals surface area (Å²) in [6.07, 6.45) is 1.34. The number of esters is 1. The number of carbonyl (C=O) groups is 1. The zero-order valence-corrected chi connectivity index (χ0v) is 12.3. The number of pyridine rings is 1. The maximum absolute atomic E-state index is 12.2. The zero-order chi connectivity index (χ0) is 13.3. The quantitative estimate of drug-likeness (QED) is 0.647. The van der Waals surface area contributed by atoms with E-state index in [9.17, 15) is 9.59 Å². The minimum atomic E-state index is -0.628. The number of benzene rings is 1. The SMILES string of the molecule is CCOC(=O)c1c[nH]c2c(Cl)ccc(I)c2c1=O. The molecule has 0 saturated carbocycles. The van der Waals surface area contributed by atoms with E-state index in [1.165, 1.54) is 6.20 Å². The van der Waals surface area contributed by atoms with Gasteiger partial charge in [-0.25, -0.2) is 4.79 Å². The van der Waals surface area contributed by atoms with Crippen LogP contribution in [-0.4, -0.2) is 17.6 Å². The second kappa shape index (κ2) is 5.27. The van der Waals surface area contributed by atoms with E-state index in [1.807, 2.05) is 22.6 Å². The molecule has 94 valence electrons. The highest BCUT2D eigenvalue weighted by atomic mass is 127. The molecule has 0 amide bonds. The summed E-state index contributed by atoms with van der Waals surface area (Å²) in [5, 5.41) is 0.853. The highest BCUT2D eigenvalue weighted by Gasteiger charge is 2.16. The third-order valence-electron chi connectivity index (χ3n) is 2.43. The third kappa shape index (κ3) is 2.24. The highest BCUT2D eigenvalue weighted by molar-refractivity contribution is 14.1. The molecule has 1 aromatic heterocycles. The van der Waals surface area contributed by atoms with Crippen LogP contribution < -0.4 is 5.43 Å². The molecule has 18 heavy (non-hydrogen) atoms. The lowest BCUT2D eigenvalue weighted by atomic mass is 10.1. The Balaban J connectivity index is 2.76. The van der Waals surface area contributed by atoms with Gasteiger partial charge in [0.15, 0.2) is 0 Å². The standard InChI is InChI=1S/C12H9ClINO3/c1-2-18-12(17)6-5-15-10-7(13)3-4-8(14)9(10)11(6)16/h3-5H,2H2,1H3,(H,15,16). The van der Waals surface area contributed by atoms with Gasteiger partial charge in [0.05, 0.1) is 22.5 Å². The molecule has 2 rings (SSSR count). The molecular formula is C12H9ClINO3. The zero-order valence-electron chi connectivity index (χ0n) is 9.42. The van der Waals surface area contributed by atoms with E-state index in [0.717, 1.165) is 3.57 Å². The number of fused-ring (bicyclic) bond motifs is 1. The number of halogens is 2. The van der Waals surface area contributed by atoms with E-state index in [4.69, 9.17) is 16.3 Å². The van der Waals surface area contributed by atoms with Gasteiger partial charge in [-0.3, -0.25) is 4.79 Å². The van der Waals surface area contributed by atoms with Crippen molar-refractivity contribution in [2.75, 3.05) is 6.61 Å². The van der Waals surface area contributed by atoms with Crippen molar-refractivity contribution in [3.05, 3.63) is 42.7 Å².